The summed E-state index contributed by atoms with van der Waals surface area (Å²) in [6, 6.07) is 0.441. The van der Waals surface area contributed by atoms with Crippen molar-refractivity contribution >= 4 is 33.2 Å². The van der Waals surface area contributed by atoms with E-state index < -0.39 is 0 Å². The zero-order valence-electron chi connectivity index (χ0n) is 8.36. The Labute approximate surface area is 102 Å². The first-order valence-corrected chi connectivity index (χ1v) is 7.14. The Morgan fingerprint density at radius 1 is 1.67 bits per heavy atom. The maximum atomic E-state index is 12.1. The zero-order chi connectivity index (χ0) is 10.7. The van der Waals surface area contributed by atoms with Gasteiger partial charge in [-0.3, -0.25) is 4.79 Å². The molecular formula is C10H13BrN2OS. The second-order valence-corrected chi connectivity index (χ2v) is 5.16. The van der Waals surface area contributed by atoms with E-state index in [1.165, 1.54) is 17.8 Å². The highest BCUT2D eigenvalue weighted by Gasteiger charge is 2.29. The lowest BCUT2D eigenvalue weighted by Gasteiger charge is -2.36. The summed E-state index contributed by atoms with van der Waals surface area (Å²) in [7, 11) is 0. The zero-order valence-corrected chi connectivity index (χ0v) is 10.8. The van der Waals surface area contributed by atoms with E-state index in [1.807, 2.05) is 10.3 Å². The van der Waals surface area contributed by atoms with Crippen LogP contribution in [0.4, 0.5) is 0 Å². The van der Waals surface area contributed by atoms with Gasteiger partial charge in [0, 0.05) is 23.3 Å². The molecule has 0 radical (unpaired) electrons. The molecule has 0 spiro atoms. The van der Waals surface area contributed by atoms with E-state index in [-0.39, 0.29) is 5.91 Å². The van der Waals surface area contributed by atoms with Crippen LogP contribution in [0.1, 0.15) is 29.8 Å². The molecule has 1 aromatic heterocycles. The van der Waals surface area contributed by atoms with Crippen LogP contribution in [0.25, 0.3) is 0 Å². The van der Waals surface area contributed by atoms with Crippen molar-refractivity contribution in [2.45, 2.75) is 25.3 Å². The number of hydrogen-bond donors (Lipinski definition) is 0. The quantitative estimate of drug-likeness (QED) is 0.798. The number of aromatic nitrogens is 1. The molecule has 15 heavy (non-hydrogen) atoms. The van der Waals surface area contributed by atoms with Gasteiger partial charge in [-0.15, -0.1) is 11.3 Å². The topological polar surface area (TPSA) is 33.2 Å². The van der Waals surface area contributed by atoms with E-state index >= 15 is 0 Å². The monoisotopic (exact) mass is 288 g/mol. The van der Waals surface area contributed by atoms with Gasteiger partial charge in [-0.05, 0) is 19.3 Å². The molecule has 0 atom stereocenters. The van der Waals surface area contributed by atoms with Crippen molar-refractivity contribution in [2.75, 3.05) is 11.9 Å². The fourth-order valence-electron chi connectivity index (χ4n) is 1.70. The van der Waals surface area contributed by atoms with Crippen LogP contribution in [0.5, 0.6) is 0 Å². The molecule has 0 aromatic carbocycles. The van der Waals surface area contributed by atoms with Crippen molar-refractivity contribution in [3.05, 3.63) is 16.6 Å². The van der Waals surface area contributed by atoms with Crippen molar-refractivity contribution < 1.29 is 4.79 Å². The van der Waals surface area contributed by atoms with Crippen LogP contribution in [0.15, 0.2) is 10.9 Å². The van der Waals surface area contributed by atoms with Crippen LogP contribution in [-0.4, -0.2) is 33.7 Å². The second kappa shape index (κ2) is 5.07. The van der Waals surface area contributed by atoms with Gasteiger partial charge < -0.3 is 4.90 Å². The minimum Gasteiger partial charge on any atom is -0.333 e. The van der Waals surface area contributed by atoms with E-state index in [0.29, 0.717) is 11.7 Å². The van der Waals surface area contributed by atoms with Crippen molar-refractivity contribution in [1.82, 2.24) is 9.88 Å². The number of hydrogen-bond acceptors (Lipinski definition) is 3. The average molecular weight is 289 g/mol. The third kappa shape index (κ3) is 2.39. The van der Waals surface area contributed by atoms with Crippen LogP contribution < -0.4 is 0 Å². The van der Waals surface area contributed by atoms with Crippen LogP contribution in [-0.2, 0) is 0 Å². The summed E-state index contributed by atoms with van der Waals surface area (Å²) in [6.45, 7) is 0.779. The summed E-state index contributed by atoms with van der Waals surface area (Å²) in [5.74, 6) is 0.0837. The fourth-order valence-corrected chi connectivity index (χ4v) is 2.61. The Kier molecular flexibility index (Phi) is 3.75. The number of thiazole rings is 1. The van der Waals surface area contributed by atoms with Crippen LogP contribution in [0.3, 0.4) is 0 Å². The third-order valence-electron chi connectivity index (χ3n) is 2.75. The van der Waals surface area contributed by atoms with Gasteiger partial charge in [-0.1, -0.05) is 15.9 Å². The van der Waals surface area contributed by atoms with E-state index in [1.54, 1.807) is 5.51 Å². The Hall–Kier alpha value is -0.420. The highest BCUT2D eigenvalue weighted by atomic mass is 79.9. The molecule has 5 heteroatoms. The standard InChI is InChI=1S/C10H13BrN2OS/c11-4-5-13(8-2-1-3-8)10(14)9-6-15-7-12-9/h6-8H,1-5H2. The first-order chi connectivity index (χ1) is 7.33. The van der Waals surface area contributed by atoms with Crippen LogP contribution in [0, 0.1) is 0 Å². The third-order valence-corrected chi connectivity index (χ3v) is 3.69. The molecule has 0 unspecified atom stereocenters. The maximum Gasteiger partial charge on any atom is 0.273 e. The number of carbonyl (C=O) groups excluding carboxylic acids is 1. The number of carbonyl (C=O) groups is 1. The smallest absolute Gasteiger partial charge is 0.273 e. The minimum atomic E-state index is 0.0837. The predicted octanol–water partition coefficient (Wildman–Crippen LogP) is 2.53. The second-order valence-electron chi connectivity index (χ2n) is 3.65. The molecule has 0 aliphatic heterocycles. The summed E-state index contributed by atoms with van der Waals surface area (Å²) < 4.78 is 0. The van der Waals surface area contributed by atoms with Crippen molar-refractivity contribution in [3.8, 4) is 0 Å². The molecule has 0 bridgehead atoms. The Morgan fingerprint density at radius 2 is 2.47 bits per heavy atom. The average Bonchev–Trinajstić information content (AvgIpc) is 2.66. The molecule has 1 amide bonds. The largest absolute Gasteiger partial charge is 0.333 e. The first-order valence-electron chi connectivity index (χ1n) is 5.08. The van der Waals surface area contributed by atoms with Crippen LogP contribution in [0.2, 0.25) is 0 Å². The maximum absolute atomic E-state index is 12.1. The Bertz CT molecular complexity index is 324. The molecule has 1 heterocycles. The summed E-state index contributed by atoms with van der Waals surface area (Å²) in [5, 5.41) is 2.65. The number of halogens is 1. The lowest BCUT2D eigenvalue weighted by molar-refractivity contribution is 0.0594. The first kappa shape index (κ1) is 11.1. The van der Waals surface area contributed by atoms with Gasteiger partial charge in [0.1, 0.15) is 5.69 Å². The van der Waals surface area contributed by atoms with Gasteiger partial charge in [0.2, 0.25) is 0 Å². The van der Waals surface area contributed by atoms with Gasteiger partial charge in [0.25, 0.3) is 5.91 Å². The van der Waals surface area contributed by atoms with E-state index in [0.717, 1.165) is 24.7 Å². The van der Waals surface area contributed by atoms with E-state index in [4.69, 9.17) is 0 Å². The van der Waals surface area contributed by atoms with Crippen molar-refractivity contribution in [1.29, 1.82) is 0 Å². The molecule has 1 aromatic rings. The summed E-state index contributed by atoms with van der Waals surface area (Å²) in [4.78, 5) is 18.1. The van der Waals surface area contributed by atoms with Gasteiger partial charge in [-0.25, -0.2) is 4.98 Å². The molecule has 1 aliphatic rings. The molecule has 0 saturated heterocycles. The molecule has 3 nitrogen and oxygen atoms in total. The number of alkyl halides is 1. The van der Waals surface area contributed by atoms with Crippen molar-refractivity contribution in [3.63, 3.8) is 0 Å². The van der Waals surface area contributed by atoms with E-state index in [9.17, 15) is 4.79 Å². The number of rotatable bonds is 4. The number of amides is 1. The van der Waals surface area contributed by atoms with Crippen LogP contribution >= 0.6 is 27.3 Å². The highest BCUT2D eigenvalue weighted by molar-refractivity contribution is 9.09. The highest BCUT2D eigenvalue weighted by Crippen LogP contribution is 2.26. The molecule has 0 N–H and O–H groups in total. The van der Waals surface area contributed by atoms with Gasteiger partial charge in [-0.2, -0.15) is 0 Å². The molecule has 1 fully saturated rings. The molecule has 1 aliphatic carbocycles. The minimum absolute atomic E-state index is 0.0837. The SMILES string of the molecule is O=C(c1cscn1)N(CCBr)C1CCC1. The Morgan fingerprint density at radius 3 is 2.93 bits per heavy atom. The Balaban J connectivity index is 2.06. The molecule has 1 saturated carbocycles. The van der Waals surface area contributed by atoms with Gasteiger partial charge >= 0.3 is 0 Å². The van der Waals surface area contributed by atoms with Crippen molar-refractivity contribution in [2.24, 2.45) is 0 Å². The predicted molar refractivity (Wildman–Crippen MR) is 64.6 cm³/mol. The lowest BCUT2D eigenvalue weighted by Crippen LogP contribution is -2.45. The van der Waals surface area contributed by atoms with Gasteiger partial charge in [0.05, 0.1) is 5.51 Å². The van der Waals surface area contributed by atoms with E-state index in [2.05, 4.69) is 20.9 Å². The summed E-state index contributed by atoms with van der Waals surface area (Å²) in [5.41, 5.74) is 2.30. The molecule has 2 rings (SSSR count). The fraction of sp³-hybridized carbons (Fsp3) is 0.600. The number of nitrogens with zero attached hydrogens (tertiary/aromatic N) is 2. The molecule has 82 valence electrons. The lowest BCUT2D eigenvalue weighted by atomic mass is 9.91. The molecular weight excluding hydrogens is 276 g/mol. The van der Waals surface area contributed by atoms with Gasteiger partial charge in [0.15, 0.2) is 0 Å². The summed E-state index contributed by atoms with van der Waals surface area (Å²) in [6.07, 6.45) is 3.53. The summed E-state index contributed by atoms with van der Waals surface area (Å²) >= 11 is 4.86. The normalized spacial score (nSPS) is 16.1.